The summed E-state index contributed by atoms with van der Waals surface area (Å²) in [5.41, 5.74) is 2.60. The molecule has 0 aromatic carbocycles. The number of aromatic nitrogens is 5. The third-order valence-electron chi connectivity index (χ3n) is 5.03. The molecule has 2 aliphatic rings. The minimum Gasteiger partial charge on any atom is -0.377 e. The molecule has 3 aromatic heterocycles. The van der Waals surface area contributed by atoms with Gasteiger partial charge in [0.15, 0.2) is 5.65 Å². The predicted molar refractivity (Wildman–Crippen MR) is 95.5 cm³/mol. The van der Waals surface area contributed by atoms with Crippen molar-refractivity contribution in [1.82, 2.24) is 24.4 Å². The average Bonchev–Trinajstić information content (AvgIpc) is 3.19. The lowest BCUT2D eigenvalue weighted by atomic mass is 10.1. The van der Waals surface area contributed by atoms with Crippen molar-refractivity contribution in [3.05, 3.63) is 52.2 Å². The summed E-state index contributed by atoms with van der Waals surface area (Å²) in [4.78, 5) is 16.9. The van der Waals surface area contributed by atoms with Crippen molar-refractivity contribution in [3.63, 3.8) is 0 Å². The highest BCUT2D eigenvalue weighted by molar-refractivity contribution is 5.49. The molecule has 0 amide bonds. The zero-order valence-corrected chi connectivity index (χ0v) is 14.5. The Labute approximate surface area is 149 Å². The van der Waals surface area contributed by atoms with Crippen LogP contribution in [0.3, 0.4) is 0 Å². The Bertz CT molecular complexity index is 1020. The normalized spacial score (nSPS) is 22.8. The van der Waals surface area contributed by atoms with Crippen molar-refractivity contribution in [2.24, 2.45) is 0 Å². The fraction of sp³-hybridized carbons (Fsp3) is 0.444. The van der Waals surface area contributed by atoms with Crippen molar-refractivity contribution in [2.45, 2.75) is 37.8 Å². The van der Waals surface area contributed by atoms with Gasteiger partial charge in [0, 0.05) is 29.8 Å². The summed E-state index contributed by atoms with van der Waals surface area (Å²) in [6.07, 6.45) is 4.03. The quantitative estimate of drug-likeness (QED) is 0.766. The van der Waals surface area contributed by atoms with Gasteiger partial charge in [0.2, 0.25) is 0 Å². The first kappa shape index (κ1) is 15.5. The molecule has 0 bridgehead atoms. The number of nitrogens with zero attached hydrogens (tertiary/aromatic N) is 5. The van der Waals surface area contributed by atoms with Crippen LogP contribution in [0.25, 0.3) is 5.65 Å². The van der Waals surface area contributed by atoms with E-state index in [-0.39, 0.29) is 17.6 Å². The molecule has 1 saturated carbocycles. The van der Waals surface area contributed by atoms with E-state index >= 15 is 0 Å². The van der Waals surface area contributed by atoms with Crippen LogP contribution >= 0.6 is 0 Å². The van der Waals surface area contributed by atoms with Crippen molar-refractivity contribution in [3.8, 4) is 0 Å². The molecule has 3 aromatic rings. The number of ether oxygens (including phenoxy) is 1. The Balaban J connectivity index is 1.48. The monoisotopic (exact) mass is 352 g/mol. The number of fused-ring (bicyclic) bond motifs is 1. The summed E-state index contributed by atoms with van der Waals surface area (Å²) in [5, 5.41) is 12.4. The van der Waals surface area contributed by atoms with Gasteiger partial charge in [0.05, 0.1) is 31.1 Å². The van der Waals surface area contributed by atoms with Crippen LogP contribution in [0.2, 0.25) is 0 Å². The molecule has 1 saturated heterocycles. The lowest BCUT2D eigenvalue weighted by molar-refractivity contribution is 0.182. The van der Waals surface area contributed by atoms with E-state index in [4.69, 9.17) is 4.74 Å². The highest BCUT2D eigenvalue weighted by atomic mass is 16.5. The molecule has 2 unspecified atom stereocenters. The van der Waals surface area contributed by atoms with Gasteiger partial charge in [-0.1, -0.05) is 0 Å². The molecule has 1 aliphatic carbocycles. The van der Waals surface area contributed by atoms with Gasteiger partial charge in [-0.3, -0.25) is 4.79 Å². The highest BCUT2D eigenvalue weighted by Crippen LogP contribution is 2.38. The fourth-order valence-corrected chi connectivity index (χ4v) is 3.53. The predicted octanol–water partition coefficient (Wildman–Crippen LogP) is 1.52. The Morgan fingerprint density at radius 3 is 2.96 bits per heavy atom. The summed E-state index contributed by atoms with van der Waals surface area (Å²) < 4.78 is 9.04. The molecule has 8 nitrogen and oxygen atoms in total. The van der Waals surface area contributed by atoms with Crippen LogP contribution in [0.15, 0.2) is 35.3 Å². The summed E-state index contributed by atoms with van der Waals surface area (Å²) in [5.74, 6) is 1.34. The molecular formula is C18H20N6O2. The summed E-state index contributed by atoms with van der Waals surface area (Å²) in [6, 6.07) is 7.08. The largest absolute Gasteiger partial charge is 0.377 e. The van der Waals surface area contributed by atoms with Crippen LogP contribution in [0, 0.1) is 6.92 Å². The van der Waals surface area contributed by atoms with Crippen molar-refractivity contribution < 1.29 is 4.74 Å². The molecule has 1 N–H and O–H groups in total. The molecule has 2 fully saturated rings. The van der Waals surface area contributed by atoms with Gasteiger partial charge in [-0.2, -0.15) is 14.7 Å². The van der Waals surface area contributed by atoms with Gasteiger partial charge in [-0.15, -0.1) is 0 Å². The molecule has 0 radical (unpaired) electrons. The molecular weight excluding hydrogens is 332 g/mol. The van der Waals surface area contributed by atoms with E-state index in [2.05, 4.69) is 20.5 Å². The molecule has 26 heavy (non-hydrogen) atoms. The first-order chi connectivity index (χ1) is 12.7. The fourth-order valence-electron chi connectivity index (χ4n) is 3.53. The smallest absolute Gasteiger partial charge is 0.267 e. The van der Waals surface area contributed by atoms with E-state index in [0.717, 1.165) is 35.7 Å². The first-order valence-electron chi connectivity index (χ1n) is 8.94. The second-order valence-corrected chi connectivity index (χ2v) is 7.05. The molecule has 2 atom stereocenters. The summed E-state index contributed by atoms with van der Waals surface area (Å²) in [7, 11) is 0. The van der Waals surface area contributed by atoms with Crippen LogP contribution in [0.4, 0.5) is 5.82 Å². The standard InChI is InChI=1S/C18H20N6O2/c1-11-8-17(24-16(20-11)6-7-19-24)21-14-9-26-10-15(14)23-18(25)5-4-13(22-23)12-2-3-12/h4-8,12,14-15,21H,2-3,9-10H2,1H3. The lowest BCUT2D eigenvalue weighted by Crippen LogP contribution is -2.38. The number of hydrogen-bond acceptors (Lipinski definition) is 6. The third-order valence-corrected chi connectivity index (χ3v) is 5.03. The number of aryl methyl sites for hydroxylation is 1. The van der Waals surface area contributed by atoms with E-state index in [1.54, 1.807) is 21.5 Å². The summed E-state index contributed by atoms with van der Waals surface area (Å²) >= 11 is 0. The van der Waals surface area contributed by atoms with Crippen LogP contribution in [0.5, 0.6) is 0 Å². The SMILES string of the molecule is Cc1cc(NC2COCC2n2nc(C3CC3)ccc2=O)n2nccc2n1. The maximum absolute atomic E-state index is 12.4. The Kier molecular flexibility index (Phi) is 3.53. The Hall–Kier alpha value is -2.74. The first-order valence-corrected chi connectivity index (χ1v) is 8.94. The van der Waals surface area contributed by atoms with Crippen molar-refractivity contribution in [1.29, 1.82) is 0 Å². The van der Waals surface area contributed by atoms with Gasteiger partial charge in [0.1, 0.15) is 11.9 Å². The number of anilines is 1. The maximum atomic E-state index is 12.4. The number of rotatable bonds is 4. The topological polar surface area (TPSA) is 86.3 Å². The second-order valence-electron chi connectivity index (χ2n) is 7.05. The molecule has 8 heteroatoms. The van der Waals surface area contributed by atoms with E-state index in [9.17, 15) is 4.79 Å². The molecule has 1 aliphatic heterocycles. The minimum atomic E-state index is -0.153. The average molecular weight is 352 g/mol. The second kappa shape index (κ2) is 5.91. The van der Waals surface area contributed by atoms with E-state index in [1.807, 2.05) is 25.1 Å². The van der Waals surface area contributed by atoms with Crippen LogP contribution in [-0.4, -0.2) is 43.6 Å². The van der Waals surface area contributed by atoms with E-state index < -0.39 is 0 Å². The van der Waals surface area contributed by atoms with Crippen molar-refractivity contribution >= 4 is 11.5 Å². The number of nitrogens with one attached hydrogen (secondary N) is 1. The van der Waals surface area contributed by atoms with Gasteiger partial charge >= 0.3 is 0 Å². The molecule has 5 rings (SSSR count). The molecule has 4 heterocycles. The zero-order chi connectivity index (χ0) is 17.7. The van der Waals surface area contributed by atoms with Gasteiger partial charge in [0.25, 0.3) is 5.56 Å². The lowest BCUT2D eigenvalue weighted by Gasteiger charge is -2.22. The van der Waals surface area contributed by atoms with Crippen LogP contribution in [0.1, 0.15) is 36.2 Å². The molecule has 134 valence electrons. The van der Waals surface area contributed by atoms with Crippen LogP contribution < -0.4 is 10.9 Å². The van der Waals surface area contributed by atoms with Gasteiger partial charge in [-0.05, 0) is 25.8 Å². The van der Waals surface area contributed by atoms with Gasteiger partial charge < -0.3 is 10.1 Å². The number of hydrogen-bond donors (Lipinski definition) is 1. The Morgan fingerprint density at radius 1 is 1.23 bits per heavy atom. The Morgan fingerprint density at radius 2 is 2.12 bits per heavy atom. The zero-order valence-electron chi connectivity index (χ0n) is 14.5. The molecule has 0 spiro atoms. The highest BCUT2D eigenvalue weighted by Gasteiger charge is 2.33. The summed E-state index contributed by atoms with van der Waals surface area (Å²) in [6.45, 7) is 2.92. The van der Waals surface area contributed by atoms with E-state index in [0.29, 0.717) is 19.1 Å². The third kappa shape index (κ3) is 2.66. The van der Waals surface area contributed by atoms with Crippen LogP contribution in [-0.2, 0) is 4.74 Å². The van der Waals surface area contributed by atoms with E-state index in [1.165, 1.54) is 0 Å². The van der Waals surface area contributed by atoms with Crippen molar-refractivity contribution in [2.75, 3.05) is 18.5 Å². The van der Waals surface area contributed by atoms with Gasteiger partial charge in [-0.25, -0.2) is 9.67 Å². The minimum absolute atomic E-state index is 0.0659. The maximum Gasteiger partial charge on any atom is 0.267 e.